The minimum Gasteiger partial charge on any atom is -0.289 e. The number of anilines is 2. The highest BCUT2D eigenvalue weighted by Gasteiger charge is 2.32. The summed E-state index contributed by atoms with van der Waals surface area (Å²) >= 11 is 5.99. The van der Waals surface area contributed by atoms with E-state index in [1.807, 2.05) is 0 Å². The predicted octanol–water partition coefficient (Wildman–Crippen LogP) is 3.20. The van der Waals surface area contributed by atoms with E-state index < -0.39 is 15.9 Å². The third-order valence-electron chi connectivity index (χ3n) is 4.50. The SMILES string of the molecule is C=C1NN(c2cccc(Cl)c2)C(=O)/C1=N/Nc1ccc(S(=O)(=O)N(CC)CC)cc1. The first-order valence-corrected chi connectivity index (χ1v) is 11.1. The molecule has 0 bridgehead atoms. The van der Waals surface area contributed by atoms with Gasteiger partial charge in [0, 0.05) is 18.1 Å². The molecule has 1 saturated heterocycles. The summed E-state index contributed by atoms with van der Waals surface area (Å²) in [5, 5.41) is 5.93. The molecule has 1 amide bonds. The number of nitrogens with one attached hydrogen (secondary N) is 2. The van der Waals surface area contributed by atoms with Gasteiger partial charge in [0.15, 0.2) is 5.71 Å². The number of sulfonamides is 1. The topological polar surface area (TPSA) is 94.1 Å². The van der Waals surface area contributed by atoms with Crippen molar-refractivity contribution >= 4 is 44.6 Å². The Balaban J connectivity index is 1.76. The van der Waals surface area contributed by atoms with E-state index in [4.69, 9.17) is 11.6 Å². The zero-order valence-electron chi connectivity index (χ0n) is 16.6. The first-order valence-electron chi connectivity index (χ1n) is 9.27. The van der Waals surface area contributed by atoms with E-state index in [0.717, 1.165) is 0 Å². The summed E-state index contributed by atoms with van der Waals surface area (Å²) in [5.74, 6) is -0.393. The molecule has 158 valence electrons. The van der Waals surface area contributed by atoms with E-state index in [1.165, 1.54) is 21.4 Å². The number of amides is 1. The number of rotatable bonds is 7. The van der Waals surface area contributed by atoms with Crippen molar-refractivity contribution in [2.45, 2.75) is 18.7 Å². The Kier molecular flexibility index (Phi) is 6.45. The highest BCUT2D eigenvalue weighted by atomic mass is 35.5. The van der Waals surface area contributed by atoms with Gasteiger partial charge >= 0.3 is 0 Å². The summed E-state index contributed by atoms with van der Waals surface area (Å²) in [7, 11) is -3.53. The maximum absolute atomic E-state index is 12.7. The summed E-state index contributed by atoms with van der Waals surface area (Å²) in [4.78, 5) is 12.9. The summed E-state index contributed by atoms with van der Waals surface area (Å²) in [6.07, 6.45) is 0. The standard InChI is InChI=1S/C20H22ClN5O3S/c1-4-25(5-2)30(28,29)18-11-9-16(10-12-18)22-23-19-14(3)24-26(20(19)27)17-8-6-7-15(21)13-17/h6-13,22,24H,3-5H2,1-2H3/b23-19+. The molecule has 2 aromatic rings. The van der Waals surface area contributed by atoms with Gasteiger partial charge in [-0.1, -0.05) is 38.1 Å². The van der Waals surface area contributed by atoms with E-state index in [9.17, 15) is 13.2 Å². The van der Waals surface area contributed by atoms with Gasteiger partial charge in [0.05, 0.1) is 22.0 Å². The molecule has 1 heterocycles. The lowest BCUT2D eigenvalue weighted by atomic mass is 10.3. The number of halogens is 1. The quantitative estimate of drug-likeness (QED) is 0.635. The van der Waals surface area contributed by atoms with Crippen LogP contribution in [0.3, 0.4) is 0 Å². The van der Waals surface area contributed by atoms with Crippen molar-refractivity contribution < 1.29 is 13.2 Å². The number of carbonyl (C=O) groups is 1. The summed E-state index contributed by atoms with van der Waals surface area (Å²) in [6.45, 7) is 8.19. The molecule has 0 spiro atoms. The number of benzene rings is 2. The fourth-order valence-electron chi connectivity index (χ4n) is 2.92. The van der Waals surface area contributed by atoms with Crippen molar-refractivity contribution in [1.29, 1.82) is 0 Å². The van der Waals surface area contributed by atoms with Crippen LogP contribution in [0, 0.1) is 0 Å². The fraction of sp³-hybridized carbons (Fsp3) is 0.200. The van der Waals surface area contributed by atoms with Crippen molar-refractivity contribution in [2.75, 3.05) is 23.5 Å². The maximum Gasteiger partial charge on any atom is 0.299 e. The van der Waals surface area contributed by atoms with Gasteiger partial charge in [-0.05, 0) is 42.5 Å². The van der Waals surface area contributed by atoms with E-state index in [0.29, 0.717) is 35.2 Å². The Morgan fingerprint density at radius 3 is 2.43 bits per heavy atom. The number of hydrogen-bond acceptors (Lipinski definition) is 6. The van der Waals surface area contributed by atoms with Crippen LogP contribution in [-0.2, 0) is 14.8 Å². The molecule has 1 aliphatic rings. The second kappa shape index (κ2) is 8.86. The third-order valence-corrected chi connectivity index (χ3v) is 6.80. The molecule has 8 nitrogen and oxygen atoms in total. The molecule has 3 rings (SSSR count). The van der Waals surface area contributed by atoms with Crippen LogP contribution in [0.15, 0.2) is 70.8 Å². The van der Waals surface area contributed by atoms with Crippen molar-refractivity contribution in [3.8, 4) is 0 Å². The summed E-state index contributed by atoms with van der Waals surface area (Å²) in [5.41, 5.74) is 7.16. The average Bonchev–Trinajstić information content (AvgIpc) is 3.01. The molecule has 0 saturated carbocycles. The molecule has 2 N–H and O–H groups in total. The van der Waals surface area contributed by atoms with Crippen LogP contribution in [0.2, 0.25) is 5.02 Å². The molecular weight excluding hydrogens is 426 g/mol. The fourth-order valence-corrected chi connectivity index (χ4v) is 4.56. The Labute approximate surface area is 180 Å². The molecule has 1 fully saturated rings. The van der Waals surface area contributed by atoms with Crippen LogP contribution in [0.25, 0.3) is 0 Å². The zero-order chi connectivity index (χ0) is 21.9. The number of hydrazone groups is 1. The van der Waals surface area contributed by atoms with Crippen LogP contribution in [-0.4, -0.2) is 37.4 Å². The van der Waals surface area contributed by atoms with Gasteiger partial charge in [0.2, 0.25) is 10.0 Å². The van der Waals surface area contributed by atoms with Crippen LogP contribution < -0.4 is 15.9 Å². The lowest BCUT2D eigenvalue weighted by Gasteiger charge is -2.18. The Bertz CT molecular complexity index is 1100. The largest absolute Gasteiger partial charge is 0.299 e. The van der Waals surface area contributed by atoms with Gasteiger partial charge in [0.1, 0.15) is 0 Å². The highest BCUT2D eigenvalue weighted by molar-refractivity contribution is 7.89. The monoisotopic (exact) mass is 447 g/mol. The maximum atomic E-state index is 12.7. The molecule has 1 aliphatic heterocycles. The molecule has 0 radical (unpaired) electrons. The van der Waals surface area contributed by atoms with Gasteiger partial charge < -0.3 is 0 Å². The van der Waals surface area contributed by atoms with Gasteiger partial charge in [-0.25, -0.2) is 13.4 Å². The first kappa shape index (κ1) is 21.8. The van der Waals surface area contributed by atoms with Crippen molar-refractivity contribution in [2.24, 2.45) is 5.10 Å². The molecule has 0 unspecified atom stereocenters. The van der Waals surface area contributed by atoms with Gasteiger partial charge in [-0.2, -0.15) is 9.41 Å². The molecular formula is C20H22ClN5O3S. The molecule has 0 aliphatic carbocycles. The molecule has 10 heteroatoms. The van der Waals surface area contributed by atoms with Gasteiger partial charge in [-0.15, -0.1) is 0 Å². The van der Waals surface area contributed by atoms with Crippen molar-refractivity contribution in [3.05, 3.63) is 65.8 Å². The zero-order valence-corrected chi connectivity index (χ0v) is 18.2. The number of nitrogens with zero attached hydrogens (tertiary/aromatic N) is 3. The minimum atomic E-state index is -3.53. The smallest absolute Gasteiger partial charge is 0.289 e. The minimum absolute atomic E-state index is 0.106. The molecule has 0 aromatic heterocycles. The number of hydrazine groups is 1. The van der Waals surface area contributed by atoms with Crippen LogP contribution in [0.4, 0.5) is 11.4 Å². The van der Waals surface area contributed by atoms with Gasteiger partial charge in [0.25, 0.3) is 5.91 Å². The Hall–Kier alpha value is -2.88. The molecule has 30 heavy (non-hydrogen) atoms. The van der Waals surface area contributed by atoms with Crippen LogP contribution in [0.1, 0.15) is 13.8 Å². The van der Waals surface area contributed by atoms with E-state index in [1.54, 1.807) is 50.2 Å². The summed E-state index contributed by atoms with van der Waals surface area (Å²) in [6, 6.07) is 13.0. The van der Waals surface area contributed by atoms with Crippen molar-refractivity contribution in [3.63, 3.8) is 0 Å². The lowest BCUT2D eigenvalue weighted by Crippen LogP contribution is -2.34. The number of carbonyl (C=O) groups excluding carboxylic acids is 1. The Morgan fingerprint density at radius 1 is 1.17 bits per heavy atom. The van der Waals surface area contributed by atoms with E-state index in [2.05, 4.69) is 22.5 Å². The average molecular weight is 448 g/mol. The van der Waals surface area contributed by atoms with Gasteiger partial charge in [-0.3, -0.25) is 15.6 Å². The van der Waals surface area contributed by atoms with Crippen LogP contribution in [0.5, 0.6) is 0 Å². The van der Waals surface area contributed by atoms with Crippen LogP contribution >= 0.6 is 11.6 Å². The highest BCUT2D eigenvalue weighted by Crippen LogP contribution is 2.23. The summed E-state index contributed by atoms with van der Waals surface area (Å²) < 4.78 is 26.5. The predicted molar refractivity (Wildman–Crippen MR) is 119 cm³/mol. The van der Waals surface area contributed by atoms with Crippen molar-refractivity contribution in [1.82, 2.24) is 9.73 Å². The third kappa shape index (κ3) is 4.33. The number of hydrogen-bond donors (Lipinski definition) is 2. The second-order valence-corrected chi connectivity index (χ2v) is 8.77. The normalized spacial score (nSPS) is 15.7. The lowest BCUT2D eigenvalue weighted by molar-refractivity contribution is -0.112. The molecule has 2 aromatic carbocycles. The van der Waals surface area contributed by atoms with E-state index >= 15 is 0 Å². The first-order chi connectivity index (χ1) is 14.3. The second-order valence-electron chi connectivity index (χ2n) is 6.40. The van der Waals surface area contributed by atoms with E-state index in [-0.39, 0.29) is 10.6 Å². The Morgan fingerprint density at radius 2 is 1.83 bits per heavy atom. The molecule has 0 atom stereocenters.